The van der Waals surface area contributed by atoms with E-state index in [1.807, 2.05) is 24.3 Å². The number of nitrogens with zero attached hydrogens (tertiary/aromatic N) is 1. The van der Waals surface area contributed by atoms with Gasteiger partial charge in [-0.05, 0) is 40.3 Å². The lowest BCUT2D eigenvalue weighted by molar-refractivity contribution is 0.143. The summed E-state index contributed by atoms with van der Waals surface area (Å²) < 4.78 is 5.54. The standard InChI is InChI=1S/C26H23N3O2/c30-26(28-13-6-5-7-18-15-19-12-14-27-25(19)29-16-18)31-17-24-22-10-3-1-8-20(22)21-9-2-4-11-23(21)24/h1-4,8-11,15-16,24H,6,12-14,17H2,(H,27,29)(H,28,30). The van der Waals surface area contributed by atoms with E-state index in [9.17, 15) is 4.79 Å². The van der Waals surface area contributed by atoms with Crippen molar-refractivity contribution in [1.29, 1.82) is 0 Å². The number of fused-ring (bicyclic) bond motifs is 4. The van der Waals surface area contributed by atoms with Gasteiger partial charge in [0.05, 0.1) is 0 Å². The lowest BCUT2D eigenvalue weighted by atomic mass is 9.98. The van der Waals surface area contributed by atoms with Crippen molar-refractivity contribution in [3.05, 3.63) is 83.0 Å². The van der Waals surface area contributed by atoms with Crippen molar-refractivity contribution < 1.29 is 9.53 Å². The number of hydrogen-bond donors (Lipinski definition) is 2. The summed E-state index contributed by atoms with van der Waals surface area (Å²) in [5, 5.41) is 6.03. The number of benzene rings is 2. The summed E-state index contributed by atoms with van der Waals surface area (Å²) in [5.74, 6) is 7.24. The number of anilines is 1. The van der Waals surface area contributed by atoms with Crippen LogP contribution in [0.5, 0.6) is 0 Å². The molecule has 0 unspecified atom stereocenters. The number of aromatic nitrogens is 1. The molecule has 2 aromatic carbocycles. The first-order valence-electron chi connectivity index (χ1n) is 10.6. The second kappa shape index (κ2) is 8.53. The highest BCUT2D eigenvalue weighted by atomic mass is 16.5. The third-order valence-corrected chi connectivity index (χ3v) is 5.75. The molecule has 0 saturated carbocycles. The predicted octanol–water partition coefficient (Wildman–Crippen LogP) is 4.33. The topological polar surface area (TPSA) is 63.2 Å². The molecule has 3 aromatic rings. The second-order valence-corrected chi connectivity index (χ2v) is 7.71. The predicted molar refractivity (Wildman–Crippen MR) is 121 cm³/mol. The monoisotopic (exact) mass is 409 g/mol. The van der Waals surface area contributed by atoms with E-state index in [2.05, 4.69) is 57.8 Å². The van der Waals surface area contributed by atoms with Crippen LogP contribution in [0.1, 0.15) is 34.6 Å². The molecular weight excluding hydrogens is 386 g/mol. The molecule has 1 amide bonds. The van der Waals surface area contributed by atoms with Gasteiger partial charge in [-0.2, -0.15) is 0 Å². The number of pyridine rings is 1. The number of ether oxygens (including phenoxy) is 1. The molecule has 1 aromatic heterocycles. The van der Waals surface area contributed by atoms with Crippen LogP contribution in [0.25, 0.3) is 11.1 Å². The highest BCUT2D eigenvalue weighted by Gasteiger charge is 2.28. The second-order valence-electron chi connectivity index (χ2n) is 7.71. The fraction of sp³-hybridized carbons (Fsp3) is 0.231. The van der Waals surface area contributed by atoms with Gasteiger partial charge in [-0.3, -0.25) is 0 Å². The number of carbonyl (C=O) groups is 1. The first kappa shape index (κ1) is 19.2. The number of rotatable bonds is 4. The van der Waals surface area contributed by atoms with Gasteiger partial charge in [0.2, 0.25) is 0 Å². The summed E-state index contributed by atoms with van der Waals surface area (Å²) in [6, 6.07) is 18.7. The molecular formula is C26H23N3O2. The molecule has 2 aliphatic rings. The molecule has 2 N–H and O–H groups in total. The Balaban J connectivity index is 1.12. The van der Waals surface area contributed by atoms with Crippen molar-refractivity contribution in [2.24, 2.45) is 0 Å². The smallest absolute Gasteiger partial charge is 0.407 e. The Morgan fingerprint density at radius 2 is 1.87 bits per heavy atom. The molecule has 5 heteroatoms. The van der Waals surface area contributed by atoms with Gasteiger partial charge in [0.1, 0.15) is 12.4 Å². The Bertz CT molecular complexity index is 1150. The van der Waals surface area contributed by atoms with Crippen LogP contribution in [0, 0.1) is 11.8 Å². The van der Waals surface area contributed by atoms with E-state index in [-0.39, 0.29) is 5.92 Å². The molecule has 0 atom stereocenters. The van der Waals surface area contributed by atoms with Crippen LogP contribution >= 0.6 is 0 Å². The molecule has 0 spiro atoms. The largest absolute Gasteiger partial charge is 0.449 e. The van der Waals surface area contributed by atoms with Gasteiger partial charge in [-0.25, -0.2) is 9.78 Å². The molecule has 0 fully saturated rings. The Morgan fingerprint density at radius 1 is 1.13 bits per heavy atom. The van der Waals surface area contributed by atoms with Gasteiger partial charge in [0.25, 0.3) is 0 Å². The maximum Gasteiger partial charge on any atom is 0.407 e. The van der Waals surface area contributed by atoms with Crippen molar-refractivity contribution >= 4 is 11.9 Å². The van der Waals surface area contributed by atoms with E-state index in [1.165, 1.54) is 27.8 Å². The van der Waals surface area contributed by atoms with Crippen molar-refractivity contribution in [2.75, 3.05) is 25.0 Å². The fourth-order valence-corrected chi connectivity index (χ4v) is 4.29. The Kier molecular flexibility index (Phi) is 5.28. The Labute approximate surface area is 181 Å². The maximum absolute atomic E-state index is 12.2. The summed E-state index contributed by atoms with van der Waals surface area (Å²) in [4.78, 5) is 16.6. The molecule has 0 saturated heterocycles. The van der Waals surface area contributed by atoms with Gasteiger partial charge in [-0.15, -0.1) is 0 Å². The molecule has 0 bridgehead atoms. The van der Waals surface area contributed by atoms with E-state index in [0.717, 1.165) is 24.3 Å². The minimum atomic E-state index is -0.408. The quantitative estimate of drug-likeness (QED) is 0.497. The summed E-state index contributed by atoms with van der Waals surface area (Å²) in [5.41, 5.74) is 6.98. The van der Waals surface area contributed by atoms with Crippen molar-refractivity contribution in [3.63, 3.8) is 0 Å². The SMILES string of the molecule is O=C(NCCC#Cc1cnc2c(c1)CCN2)OCC1c2ccccc2-c2ccccc21. The van der Waals surface area contributed by atoms with Crippen LogP contribution in [0.15, 0.2) is 60.8 Å². The first-order valence-corrected chi connectivity index (χ1v) is 10.6. The van der Waals surface area contributed by atoms with Gasteiger partial charge >= 0.3 is 6.09 Å². The van der Waals surface area contributed by atoms with Crippen LogP contribution in [0.2, 0.25) is 0 Å². The van der Waals surface area contributed by atoms with E-state index < -0.39 is 6.09 Å². The minimum absolute atomic E-state index is 0.0692. The average Bonchev–Trinajstić information content (AvgIpc) is 3.40. The molecule has 1 aliphatic carbocycles. The normalized spacial score (nSPS) is 13.3. The molecule has 2 heterocycles. The number of carbonyl (C=O) groups excluding carboxylic acids is 1. The molecule has 154 valence electrons. The average molecular weight is 409 g/mol. The van der Waals surface area contributed by atoms with Crippen LogP contribution in [0.3, 0.4) is 0 Å². The number of amides is 1. The number of hydrogen-bond acceptors (Lipinski definition) is 4. The highest BCUT2D eigenvalue weighted by Crippen LogP contribution is 2.44. The van der Waals surface area contributed by atoms with Crippen molar-refractivity contribution in [3.8, 4) is 23.0 Å². The van der Waals surface area contributed by atoms with Gasteiger partial charge in [0, 0.05) is 37.2 Å². The van der Waals surface area contributed by atoms with Crippen LogP contribution in [-0.2, 0) is 11.2 Å². The van der Waals surface area contributed by atoms with Crippen LogP contribution in [-0.4, -0.2) is 30.8 Å². The first-order chi connectivity index (χ1) is 15.3. The molecule has 31 heavy (non-hydrogen) atoms. The van der Waals surface area contributed by atoms with Crippen molar-refractivity contribution in [1.82, 2.24) is 10.3 Å². The number of alkyl carbamates (subject to hydrolysis) is 1. The summed E-state index contributed by atoms with van der Waals surface area (Å²) in [6.07, 6.45) is 2.91. The third-order valence-electron chi connectivity index (χ3n) is 5.75. The zero-order valence-corrected chi connectivity index (χ0v) is 17.2. The third kappa shape index (κ3) is 3.97. The van der Waals surface area contributed by atoms with E-state index in [4.69, 9.17) is 4.74 Å². The lowest BCUT2D eigenvalue weighted by Gasteiger charge is -2.14. The fourth-order valence-electron chi connectivity index (χ4n) is 4.29. The van der Waals surface area contributed by atoms with Crippen LogP contribution < -0.4 is 10.6 Å². The summed E-state index contributed by atoms with van der Waals surface area (Å²) in [6.45, 7) is 1.70. The molecule has 1 aliphatic heterocycles. The summed E-state index contributed by atoms with van der Waals surface area (Å²) >= 11 is 0. The van der Waals surface area contributed by atoms with Gasteiger partial charge in [-0.1, -0.05) is 60.4 Å². The van der Waals surface area contributed by atoms with Gasteiger partial charge < -0.3 is 15.4 Å². The van der Waals surface area contributed by atoms with E-state index >= 15 is 0 Å². The highest BCUT2D eigenvalue weighted by molar-refractivity contribution is 5.79. The zero-order valence-electron chi connectivity index (χ0n) is 17.2. The van der Waals surface area contributed by atoms with E-state index in [1.54, 1.807) is 6.20 Å². The van der Waals surface area contributed by atoms with Crippen LogP contribution in [0.4, 0.5) is 10.6 Å². The lowest BCUT2D eigenvalue weighted by Crippen LogP contribution is -2.26. The number of nitrogens with one attached hydrogen (secondary N) is 2. The Morgan fingerprint density at radius 3 is 2.65 bits per heavy atom. The Hall–Kier alpha value is -3.78. The minimum Gasteiger partial charge on any atom is -0.449 e. The molecule has 5 rings (SSSR count). The van der Waals surface area contributed by atoms with E-state index in [0.29, 0.717) is 19.6 Å². The zero-order chi connectivity index (χ0) is 21.0. The maximum atomic E-state index is 12.2. The molecule has 5 nitrogen and oxygen atoms in total. The molecule has 0 radical (unpaired) electrons. The van der Waals surface area contributed by atoms with Crippen molar-refractivity contribution in [2.45, 2.75) is 18.8 Å². The summed E-state index contributed by atoms with van der Waals surface area (Å²) in [7, 11) is 0. The van der Waals surface area contributed by atoms with Gasteiger partial charge in [0.15, 0.2) is 0 Å².